The summed E-state index contributed by atoms with van der Waals surface area (Å²) in [5.41, 5.74) is 0. The van der Waals surface area contributed by atoms with E-state index in [-0.39, 0.29) is 11.8 Å². The number of carbonyl (C=O) groups excluding carboxylic acids is 2. The van der Waals surface area contributed by atoms with Crippen LogP contribution < -0.4 is 16.0 Å². The fourth-order valence-electron chi connectivity index (χ4n) is 1.21. The standard InChI is InChI=1S/C10H19N3O2/c1-3-11-10(15)7(2)13-9(14)6-12-8-4-5-8/h7-8,12H,3-6H2,1-2H3,(H,11,15)(H,13,14). The van der Waals surface area contributed by atoms with Gasteiger partial charge in [-0.1, -0.05) is 0 Å². The van der Waals surface area contributed by atoms with Crippen molar-refractivity contribution >= 4 is 11.8 Å². The summed E-state index contributed by atoms with van der Waals surface area (Å²) in [5, 5.41) is 8.38. The second kappa shape index (κ2) is 5.70. The molecule has 0 saturated heterocycles. The van der Waals surface area contributed by atoms with Crippen LogP contribution in [0.5, 0.6) is 0 Å². The molecule has 0 heterocycles. The third kappa shape index (κ3) is 4.78. The van der Waals surface area contributed by atoms with Gasteiger partial charge in [0, 0.05) is 12.6 Å². The molecule has 1 aliphatic carbocycles. The zero-order valence-electron chi connectivity index (χ0n) is 9.30. The highest BCUT2D eigenvalue weighted by Crippen LogP contribution is 2.17. The molecule has 86 valence electrons. The Morgan fingerprint density at radius 3 is 2.60 bits per heavy atom. The molecule has 1 rings (SSSR count). The van der Waals surface area contributed by atoms with Gasteiger partial charge < -0.3 is 16.0 Å². The van der Waals surface area contributed by atoms with Gasteiger partial charge in [-0.15, -0.1) is 0 Å². The van der Waals surface area contributed by atoms with Crippen LogP contribution in [0.2, 0.25) is 0 Å². The number of carbonyl (C=O) groups is 2. The third-order valence-electron chi connectivity index (χ3n) is 2.25. The van der Waals surface area contributed by atoms with Crippen LogP contribution in [-0.4, -0.2) is 37.0 Å². The predicted octanol–water partition coefficient (Wildman–Crippen LogP) is -0.621. The highest BCUT2D eigenvalue weighted by molar-refractivity contribution is 5.87. The first-order valence-corrected chi connectivity index (χ1v) is 5.44. The van der Waals surface area contributed by atoms with Crippen molar-refractivity contribution in [2.45, 2.75) is 38.8 Å². The monoisotopic (exact) mass is 213 g/mol. The second-order valence-corrected chi connectivity index (χ2v) is 3.84. The van der Waals surface area contributed by atoms with Crippen molar-refractivity contribution in [1.82, 2.24) is 16.0 Å². The number of hydrogen-bond acceptors (Lipinski definition) is 3. The molecule has 3 N–H and O–H groups in total. The first-order valence-electron chi connectivity index (χ1n) is 5.44. The van der Waals surface area contributed by atoms with Crippen molar-refractivity contribution in [1.29, 1.82) is 0 Å². The molecule has 0 aliphatic heterocycles. The summed E-state index contributed by atoms with van der Waals surface area (Å²) in [4.78, 5) is 22.6. The van der Waals surface area contributed by atoms with E-state index in [0.29, 0.717) is 19.1 Å². The molecule has 0 radical (unpaired) electrons. The third-order valence-corrected chi connectivity index (χ3v) is 2.25. The lowest BCUT2D eigenvalue weighted by Gasteiger charge is -2.13. The van der Waals surface area contributed by atoms with Crippen LogP contribution in [0, 0.1) is 0 Å². The Balaban J connectivity index is 2.14. The van der Waals surface area contributed by atoms with Crippen LogP contribution in [0.15, 0.2) is 0 Å². The van der Waals surface area contributed by atoms with E-state index in [1.807, 2.05) is 6.92 Å². The number of nitrogens with one attached hydrogen (secondary N) is 3. The van der Waals surface area contributed by atoms with Crippen molar-refractivity contribution in [2.75, 3.05) is 13.1 Å². The minimum Gasteiger partial charge on any atom is -0.355 e. The van der Waals surface area contributed by atoms with Crippen LogP contribution in [0.25, 0.3) is 0 Å². The van der Waals surface area contributed by atoms with E-state index >= 15 is 0 Å². The molecular formula is C10H19N3O2. The average molecular weight is 213 g/mol. The van der Waals surface area contributed by atoms with Gasteiger partial charge in [-0.25, -0.2) is 0 Å². The van der Waals surface area contributed by atoms with Gasteiger partial charge in [-0.2, -0.15) is 0 Å². The Labute approximate surface area is 90.0 Å². The largest absolute Gasteiger partial charge is 0.355 e. The quantitative estimate of drug-likeness (QED) is 0.550. The summed E-state index contributed by atoms with van der Waals surface area (Å²) in [6.45, 7) is 4.41. The molecule has 2 amide bonds. The van der Waals surface area contributed by atoms with Crippen LogP contribution in [-0.2, 0) is 9.59 Å². The van der Waals surface area contributed by atoms with E-state index < -0.39 is 6.04 Å². The van der Waals surface area contributed by atoms with Gasteiger partial charge in [0.1, 0.15) is 6.04 Å². The molecule has 15 heavy (non-hydrogen) atoms. The zero-order chi connectivity index (χ0) is 11.3. The number of rotatable bonds is 6. The van der Waals surface area contributed by atoms with Crippen LogP contribution >= 0.6 is 0 Å². The van der Waals surface area contributed by atoms with E-state index in [4.69, 9.17) is 0 Å². The summed E-state index contributed by atoms with van der Waals surface area (Å²) >= 11 is 0. The number of amides is 2. The lowest BCUT2D eigenvalue weighted by molar-refractivity contribution is -0.128. The van der Waals surface area contributed by atoms with E-state index in [0.717, 1.165) is 12.8 Å². The average Bonchev–Trinajstić information content (AvgIpc) is 2.98. The molecule has 5 heteroatoms. The Hall–Kier alpha value is -1.10. The maximum Gasteiger partial charge on any atom is 0.242 e. The fourth-order valence-corrected chi connectivity index (χ4v) is 1.21. The van der Waals surface area contributed by atoms with Crippen LogP contribution in [0.4, 0.5) is 0 Å². The Bertz CT molecular complexity index is 239. The minimum absolute atomic E-state index is 0.124. The van der Waals surface area contributed by atoms with E-state index in [1.165, 1.54) is 0 Å². The van der Waals surface area contributed by atoms with Crippen molar-refractivity contribution in [3.8, 4) is 0 Å². The SMILES string of the molecule is CCNC(=O)C(C)NC(=O)CNC1CC1. The molecule has 1 aliphatic rings. The maximum atomic E-state index is 11.3. The number of likely N-dealkylation sites (N-methyl/N-ethyl adjacent to an activating group) is 1. The lowest BCUT2D eigenvalue weighted by atomic mass is 10.3. The molecule has 1 unspecified atom stereocenters. The molecule has 0 aromatic heterocycles. The maximum absolute atomic E-state index is 11.3. The van der Waals surface area contributed by atoms with Crippen molar-refractivity contribution in [2.24, 2.45) is 0 Å². The molecular weight excluding hydrogens is 194 g/mol. The minimum atomic E-state index is -0.460. The van der Waals surface area contributed by atoms with Gasteiger partial charge in [0.2, 0.25) is 11.8 Å². The molecule has 1 atom stereocenters. The Kier molecular flexibility index (Phi) is 4.55. The van der Waals surface area contributed by atoms with Gasteiger partial charge in [0.25, 0.3) is 0 Å². The van der Waals surface area contributed by atoms with E-state index in [1.54, 1.807) is 6.92 Å². The van der Waals surface area contributed by atoms with E-state index in [2.05, 4.69) is 16.0 Å². The summed E-state index contributed by atoms with van der Waals surface area (Å²) in [6, 6.07) is 0.0500. The van der Waals surface area contributed by atoms with Crippen LogP contribution in [0.3, 0.4) is 0 Å². The van der Waals surface area contributed by atoms with E-state index in [9.17, 15) is 9.59 Å². The second-order valence-electron chi connectivity index (χ2n) is 3.84. The van der Waals surface area contributed by atoms with Crippen molar-refractivity contribution in [3.63, 3.8) is 0 Å². The van der Waals surface area contributed by atoms with Gasteiger partial charge in [-0.3, -0.25) is 9.59 Å². The summed E-state index contributed by atoms with van der Waals surface area (Å²) < 4.78 is 0. The molecule has 0 bridgehead atoms. The first-order chi connectivity index (χ1) is 7.13. The highest BCUT2D eigenvalue weighted by atomic mass is 16.2. The van der Waals surface area contributed by atoms with Crippen LogP contribution in [0.1, 0.15) is 26.7 Å². The van der Waals surface area contributed by atoms with Gasteiger partial charge in [0.15, 0.2) is 0 Å². The predicted molar refractivity (Wildman–Crippen MR) is 57.3 cm³/mol. The molecule has 0 aromatic carbocycles. The lowest BCUT2D eigenvalue weighted by Crippen LogP contribution is -2.47. The first kappa shape index (κ1) is 12.0. The molecule has 0 aromatic rings. The van der Waals surface area contributed by atoms with Crippen molar-refractivity contribution < 1.29 is 9.59 Å². The molecule has 0 spiro atoms. The van der Waals surface area contributed by atoms with Gasteiger partial charge in [-0.05, 0) is 26.7 Å². The fraction of sp³-hybridized carbons (Fsp3) is 0.800. The van der Waals surface area contributed by atoms with Gasteiger partial charge >= 0.3 is 0 Å². The Morgan fingerprint density at radius 1 is 1.40 bits per heavy atom. The summed E-state index contributed by atoms with van der Waals surface area (Å²) in [6.07, 6.45) is 2.30. The molecule has 1 saturated carbocycles. The normalized spacial score (nSPS) is 16.9. The van der Waals surface area contributed by atoms with Crippen molar-refractivity contribution in [3.05, 3.63) is 0 Å². The molecule has 1 fully saturated rings. The highest BCUT2D eigenvalue weighted by Gasteiger charge is 2.22. The zero-order valence-corrected chi connectivity index (χ0v) is 9.30. The summed E-state index contributed by atoms with van der Waals surface area (Å²) in [7, 11) is 0. The smallest absolute Gasteiger partial charge is 0.242 e. The summed E-state index contributed by atoms with van der Waals surface area (Å²) in [5.74, 6) is -0.266. The topological polar surface area (TPSA) is 70.2 Å². The number of hydrogen-bond donors (Lipinski definition) is 3. The molecule has 5 nitrogen and oxygen atoms in total. The van der Waals surface area contributed by atoms with Gasteiger partial charge in [0.05, 0.1) is 6.54 Å². The Morgan fingerprint density at radius 2 is 2.07 bits per heavy atom.